The molecule has 106 valence electrons. The normalized spacial score (nSPS) is 17.6. The van der Waals surface area contributed by atoms with E-state index in [2.05, 4.69) is 0 Å². The fourth-order valence-corrected chi connectivity index (χ4v) is 2.11. The molecular formula is C15H22O4. The van der Waals surface area contributed by atoms with Gasteiger partial charge in [-0.1, -0.05) is 12.1 Å². The highest BCUT2D eigenvalue weighted by atomic mass is 16.7. The number of methoxy groups -OCH3 is 1. The molecule has 0 unspecified atom stereocenters. The second kappa shape index (κ2) is 6.89. The van der Waals surface area contributed by atoms with E-state index in [1.165, 1.54) is 0 Å². The molecule has 0 radical (unpaired) electrons. The molecule has 1 heterocycles. The van der Waals surface area contributed by atoms with E-state index in [0.717, 1.165) is 24.2 Å². The van der Waals surface area contributed by atoms with Crippen LogP contribution in [-0.2, 0) is 20.8 Å². The molecule has 2 rings (SSSR count). The molecule has 4 nitrogen and oxygen atoms in total. The van der Waals surface area contributed by atoms with E-state index in [1.54, 1.807) is 7.11 Å². The second-order valence-corrected chi connectivity index (χ2v) is 4.83. The summed E-state index contributed by atoms with van der Waals surface area (Å²) in [5.41, 5.74) is 1.15. The van der Waals surface area contributed by atoms with E-state index >= 15 is 0 Å². The van der Waals surface area contributed by atoms with E-state index in [0.29, 0.717) is 26.4 Å². The molecule has 1 aliphatic heterocycles. The molecule has 1 aromatic rings. The van der Waals surface area contributed by atoms with Crippen molar-refractivity contribution in [2.45, 2.75) is 32.2 Å². The van der Waals surface area contributed by atoms with Crippen LogP contribution in [0.5, 0.6) is 5.75 Å². The summed E-state index contributed by atoms with van der Waals surface area (Å²) in [5, 5.41) is 0. The Balaban J connectivity index is 1.61. The van der Waals surface area contributed by atoms with Crippen molar-refractivity contribution in [3.63, 3.8) is 0 Å². The maximum atomic E-state index is 5.65. The van der Waals surface area contributed by atoms with Crippen LogP contribution in [0.15, 0.2) is 24.3 Å². The largest absolute Gasteiger partial charge is 0.497 e. The Kier molecular flexibility index (Phi) is 5.19. The van der Waals surface area contributed by atoms with Crippen LogP contribution < -0.4 is 4.74 Å². The maximum Gasteiger partial charge on any atom is 0.165 e. The summed E-state index contributed by atoms with van der Waals surface area (Å²) in [6.45, 7) is 4.73. The first-order valence-corrected chi connectivity index (χ1v) is 6.70. The highest BCUT2D eigenvalue weighted by molar-refractivity contribution is 5.26. The van der Waals surface area contributed by atoms with Crippen LogP contribution in [0, 0.1) is 0 Å². The average Bonchev–Trinajstić information content (AvgIpc) is 2.86. The van der Waals surface area contributed by atoms with Crippen LogP contribution in [0.1, 0.15) is 25.3 Å². The lowest BCUT2D eigenvalue weighted by atomic mass is 10.2. The Morgan fingerprint density at radius 3 is 2.47 bits per heavy atom. The van der Waals surface area contributed by atoms with Crippen LogP contribution in [0.3, 0.4) is 0 Å². The van der Waals surface area contributed by atoms with Crippen LogP contribution in [0.25, 0.3) is 0 Å². The van der Waals surface area contributed by atoms with Gasteiger partial charge >= 0.3 is 0 Å². The summed E-state index contributed by atoms with van der Waals surface area (Å²) >= 11 is 0. The van der Waals surface area contributed by atoms with Crippen LogP contribution in [-0.4, -0.2) is 32.7 Å². The summed E-state index contributed by atoms with van der Waals surface area (Å²) in [7, 11) is 1.67. The molecule has 1 aromatic carbocycles. The molecule has 0 aliphatic carbocycles. The first-order valence-electron chi connectivity index (χ1n) is 6.70. The van der Waals surface area contributed by atoms with Crippen molar-refractivity contribution in [2.24, 2.45) is 0 Å². The number of hydrogen-bond acceptors (Lipinski definition) is 4. The predicted molar refractivity (Wildman–Crippen MR) is 72.2 cm³/mol. The third-order valence-corrected chi connectivity index (χ3v) is 3.25. The van der Waals surface area contributed by atoms with Crippen molar-refractivity contribution in [1.29, 1.82) is 0 Å². The summed E-state index contributed by atoms with van der Waals surface area (Å²) in [6, 6.07) is 7.92. The molecule has 19 heavy (non-hydrogen) atoms. The Labute approximate surface area is 114 Å². The van der Waals surface area contributed by atoms with Crippen molar-refractivity contribution < 1.29 is 18.9 Å². The zero-order valence-electron chi connectivity index (χ0n) is 11.7. The molecule has 0 saturated carbocycles. The molecule has 1 fully saturated rings. The van der Waals surface area contributed by atoms with Gasteiger partial charge in [0.05, 0.1) is 26.9 Å². The summed E-state index contributed by atoms with van der Waals surface area (Å²) < 4.78 is 21.8. The van der Waals surface area contributed by atoms with Gasteiger partial charge in [0.25, 0.3) is 0 Å². The zero-order chi connectivity index (χ0) is 13.6. The minimum absolute atomic E-state index is 0.399. The number of benzene rings is 1. The summed E-state index contributed by atoms with van der Waals surface area (Å²) in [6.07, 6.45) is 1.81. The smallest absolute Gasteiger partial charge is 0.165 e. The SMILES string of the molecule is COc1ccc(COCCCC2(C)OCCO2)cc1. The van der Waals surface area contributed by atoms with Crippen LogP contribution in [0.4, 0.5) is 0 Å². The molecule has 0 spiro atoms. The molecule has 0 aromatic heterocycles. The van der Waals surface area contributed by atoms with Crippen molar-refractivity contribution >= 4 is 0 Å². The van der Waals surface area contributed by atoms with E-state index in [1.807, 2.05) is 31.2 Å². The maximum absolute atomic E-state index is 5.65. The van der Waals surface area contributed by atoms with Gasteiger partial charge in [-0.25, -0.2) is 0 Å². The van der Waals surface area contributed by atoms with E-state index < -0.39 is 5.79 Å². The molecule has 0 bridgehead atoms. The lowest BCUT2D eigenvalue weighted by Gasteiger charge is -2.21. The molecular weight excluding hydrogens is 244 g/mol. The van der Waals surface area contributed by atoms with Gasteiger partial charge in [-0.05, 0) is 31.0 Å². The minimum Gasteiger partial charge on any atom is -0.497 e. The van der Waals surface area contributed by atoms with Crippen molar-refractivity contribution in [2.75, 3.05) is 26.9 Å². The van der Waals surface area contributed by atoms with Gasteiger partial charge in [-0.3, -0.25) is 0 Å². The van der Waals surface area contributed by atoms with Crippen molar-refractivity contribution in [3.05, 3.63) is 29.8 Å². The van der Waals surface area contributed by atoms with Crippen molar-refractivity contribution in [1.82, 2.24) is 0 Å². The van der Waals surface area contributed by atoms with Crippen LogP contribution >= 0.6 is 0 Å². The zero-order valence-corrected chi connectivity index (χ0v) is 11.7. The van der Waals surface area contributed by atoms with Crippen molar-refractivity contribution in [3.8, 4) is 5.75 Å². The molecule has 0 N–H and O–H groups in total. The van der Waals surface area contributed by atoms with Gasteiger partial charge in [-0.2, -0.15) is 0 Å². The fourth-order valence-electron chi connectivity index (χ4n) is 2.11. The first-order chi connectivity index (χ1) is 9.22. The van der Waals surface area contributed by atoms with E-state index in [4.69, 9.17) is 18.9 Å². The molecule has 0 amide bonds. The van der Waals surface area contributed by atoms with Gasteiger partial charge in [0.1, 0.15) is 5.75 Å². The third-order valence-electron chi connectivity index (χ3n) is 3.25. The van der Waals surface area contributed by atoms with E-state index in [9.17, 15) is 0 Å². The Bertz CT molecular complexity index is 368. The minimum atomic E-state index is -0.399. The van der Waals surface area contributed by atoms with Gasteiger partial charge in [0.2, 0.25) is 0 Å². The molecule has 1 aliphatic rings. The fraction of sp³-hybridized carbons (Fsp3) is 0.600. The number of rotatable bonds is 7. The Hall–Kier alpha value is -1.10. The lowest BCUT2D eigenvalue weighted by molar-refractivity contribution is -0.149. The first kappa shape index (κ1) is 14.3. The average molecular weight is 266 g/mol. The number of hydrogen-bond donors (Lipinski definition) is 0. The summed E-state index contributed by atoms with van der Waals surface area (Å²) in [5.74, 6) is 0.468. The quantitative estimate of drug-likeness (QED) is 0.711. The highest BCUT2D eigenvalue weighted by Crippen LogP contribution is 2.23. The van der Waals surface area contributed by atoms with Gasteiger partial charge in [0, 0.05) is 13.0 Å². The van der Waals surface area contributed by atoms with Gasteiger partial charge in [-0.15, -0.1) is 0 Å². The monoisotopic (exact) mass is 266 g/mol. The highest BCUT2D eigenvalue weighted by Gasteiger charge is 2.29. The topological polar surface area (TPSA) is 36.9 Å². The third kappa shape index (κ3) is 4.49. The summed E-state index contributed by atoms with van der Waals surface area (Å²) in [4.78, 5) is 0. The molecule has 1 saturated heterocycles. The Morgan fingerprint density at radius 2 is 1.84 bits per heavy atom. The number of ether oxygens (including phenoxy) is 4. The van der Waals surface area contributed by atoms with Crippen LogP contribution in [0.2, 0.25) is 0 Å². The second-order valence-electron chi connectivity index (χ2n) is 4.83. The Morgan fingerprint density at radius 1 is 1.16 bits per heavy atom. The van der Waals surface area contributed by atoms with Gasteiger partial charge < -0.3 is 18.9 Å². The molecule has 0 atom stereocenters. The van der Waals surface area contributed by atoms with E-state index in [-0.39, 0.29) is 0 Å². The lowest BCUT2D eigenvalue weighted by Crippen LogP contribution is -2.25. The van der Waals surface area contributed by atoms with Gasteiger partial charge in [0.15, 0.2) is 5.79 Å². The molecule has 4 heteroatoms. The standard InChI is InChI=1S/C15H22O4/c1-15(18-10-11-19-15)8-3-9-17-12-13-4-6-14(16-2)7-5-13/h4-7H,3,8-12H2,1-2H3. The predicted octanol–water partition coefficient (Wildman–Crippen LogP) is 2.76.